The zero-order chi connectivity index (χ0) is 12.7. The molecule has 0 unspecified atom stereocenters. The topological polar surface area (TPSA) is 43.7 Å². The van der Waals surface area contributed by atoms with E-state index in [2.05, 4.69) is 11.8 Å². The van der Waals surface area contributed by atoms with Crippen LogP contribution in [0.4, 0.5) is 0 Å². The molecule has 0 amide bonds. The number of benzene rings is 1. The average Bonchev–Trinajstić information content (AvgIpc) is 2.41. The van der Waals surface area contributed by atoms with Gasteiger partial charge in [-0.2, -0.15) is 0 Å². The minimum absolute atomic E-state index is 0. The molecule has 1 fully saturated rings. The average molecular weight is 328 g/mol. The summed E-state index contributed by atoms with van der Waals surface area (Å²) in [7, 11) is 0. The number of phenols is 2. The summed E-state index contributed by atoms with van der Waals surface area (Å²) in [5.41, 5.74) is 2.20. The van der Waals surface area contributed by atoms with Crippen LogP contribution in [0, 0.1) is 5.92 Å². The van der Waals surface area contributed by atoms with Crippen LogP contribution in [0.15, 0.2) is 12.1 Å². The molecule has 0 spiro atoms. The highest BCUT2D eigenvalue weighted by Crippen LogP contribution is 2.41. The van der Waals surface area contributed by atoms with Gasteiger partial charge in [0.15, 0.2) is 11.5 Å². The maximum Gasteiger partial charge on any atom is 0.160 e. The molecule has 1 aromatic rings. The fourth-order valence-corrected chi connectivity index (χ4v) is 3.71. The molecular weight excluding hydrogens is 306 g/mol. The van der Waals surface area contributed by atoms with Gasteiger partial charge >= 0.3 is 0 Å². The highest BCUT2D eigenvalue weighted by atomic mass is 79.9. The fraction of sp³-hybridized carbons (Fsp3) is 0.600. The molecule has 3 rings (SSSR count). The number of aromatic hydroxyl groups is 2. The second kappa shape index (κ2) is 5.71. The molecule has 106 valence electrons. The van der Waals surface area contributed by atoms with E-state index in [-0.39, 0.29) is 28.5 Å². The Balaban J connectivity index is 0.00000133. The molecule has 3 nitrogen and oxygen atoms in total. The van der Waals surface area contributed by atoms with Crippen LogP contribution in [0.5, 0.6) is 11.5 Å². The van der Waals surface area contributed by atoms with Crippen molar-refractivity contribution in [3.63, 3.8) is 0 Å². The van der Waals surface area contributed by atoms with Crippen molar-refractivity contribution in [1.29, 1.82) is 0 Å². The summed E-state index contributed by atoms with van der Waals surface area (Å²) in [6, 6.07) is 4.22. The molecule has 0 aromatic heterocycles. The minimum atomic E-state index is 0. The number of nitrogens with zero attached hydrogens (tertiary/aromatic N) is 1. The van der Waals surface area contributed by atoms with Gasteiger partial charge in [0.05, 0.1) is 0 Å². The lowest BCUT2D eigenvalue weighted by atomic mass is 9.75. The summed E-state index contributed by atoms with van der Waals surface area (Å²) in [5, 5.41) is 19.6. The molecule has 1 aliphatic heterocycles. The van der Waals surface area contributed by atoms with Crippen LogP contribution >= 0.6 is 17.0 Å². The summed E-state index contributed by atoms with van der Waals surface area (Å²) in [6.07, 6.45) is 4.43. The highest BCUT2D eigenvalue weighted by molar-refractivity contribution is 8.93. The van der Waals surface area contributed by atoms with E-state index in [9.17, 15) is 10.2 Å². The number of rotatable bonds is 1. The van der Waals surface area contributed by atoms with Gasteiger partial charge in [-0.1, -0.05) is 13.0 Å². The van der Waals surface area contributed by atoms with Gasteiger partial charge in [0.1, 0.15) is 0 Å². The summed E-state index contributed by atoms with van der Waals surface area (Å²) in [6.45, 7) is 4.55. The maximum absolute atomic E-state index is 9.99. The van der Waals surface area contributed by atoms with E-state index in [1.165, 1.54) is 24.9 Å². The number of likely N-dealkylation sites (tertiary alicyclic amines) is 1. The Kier molecular flexibility index (Phi) is 4.41. The van der Waals surface area contributed by atoms with Gasteiger partial charge in [-0.25, -0.2) is 0 Å². The van der Waals surface area contributed by atoms with Crippen LogP contribution in [0.3, 0.4) is 0 Å². The SMILES string of the molecule is Br.CCN1CCC[C@H]2Cc3c(ccc(O)c3O)C[C@@H]21. The smallest absolute Gasteiger partial charge is 0.160 e. The van der Waals surface area contributed by atoms with Gasteiger partial charge in [-0.05, 0) is 56.3 Å². The molecular formula is C15H22BrNO2. The second-order valence-corrected chi connectivity index (χ2v) is 5.58. The van der Waals surface area contributed by atoms with Crippen LogP contribution in [0.2, 0.25) is 0 Å². The van der Waals surface area contributed by atoms with Crippen molar-refractivity contribution in [3.05, 3.63) is 23.3 Å². The Morgan fingerprint density at radius 3 is 2.79 bits per heavy atom. The van der Waals surface area contributed by atoms with Crippen LogP contribution in [0.25, 0.3) is 0 Å². The monoisotopic (exact) mass is 327 g/mol. The van der Waals surface area contributed by atoms with Gasteiger partial charge < -0.3 is 15.1 Å². The van der Waals surface area contributed by atoms with Crippen LogP contribution in [-0.4, -0.2) is 34.2 Å². The van der Waals surface area contributed by atoms with Crippen LogP contribution in [0.1, 0.15) is 30.9 Å². The molecule has 1 heterocycles. The lowest BCUT2D eigenvalue weighted by Crippen LogP contribution is -2.48. The Labute approximate surface area is 125 Å². The van der Waals surface area contributed by atoms with E-state index in [1.54, 1.807) is 6.07 Å². The van der Waals surface area contributed by atoms with Crippen molar-refractivity contribution in [2.75, 3.05) is 13.1 Å². The minimum Gasteiger partial charge on any atom is -0.504 e. The predicted molar refractivity (Wildman–Crippen MR) is 81.3 cm³/mol. The predicted octanol–water partition coefficient (Wildman–Crippen LogP) is 2.87. The Morgan fingerprint density at radius 1 is 1.26 bits per heavy atom. The summed E-state index contributed by atoms with van der Waals surface area (Å²) in [5.74, 6) is 0.772. The quantitative estimate of drug-likeness (QED) is 0.779. The maximum atomic E-state index is 9.99. The molecule has 4 heteroatoms. The summed E-state index contributed by atoms with van der Waals surface area (Å²) < 4.78 is 0. The van der Waals surface area contributed by atoms with E-state index in [0.29, 0.717) is 12.0 Å². The number of halogens is 1. The van der Waals surface area contributed by atoms with Crippen molar-refractivity contribution in [2.24, 2.45) is 5.92 Å². The van der Waals surface area contributed by atoms with E-state index in [4.69, 9.17) is 0 Å². The van der Waals surface area contributed by atoms with Crippen molar-refractivity contribution in [3.8, 4) is 11.5 Å². The number of fused-ring (bicyclic) bond motifs is 2. The van der Waals surface area contributed by atoms with Crippen LogP contribution in [-0.2, 0) is 12.8 Å². The molecule has 1 aliphatic carbocycles. The van der Waals surface area contributed by atoms with Gasteiger partial charge in [-0.15, -0.1) is 17.0 Å². The van der Waals surface area contributed by atoms with E-state index < -0.39 is 0 Å². The molecule has 0 saturated carbocycles. The third-order valence-electron chi connectivity index (χ3n) is 4.69. The molecule has 2 atom stereocenters. The largest absolute Gasteiger partial charge is 0.504 e. The van der Waals surface area contributed by atoms with E-state index in [1.807, 2.05) is 6.07 Å². The molecule has 1 saturated heterocycles. The summed E-state index contributed by atoms with van der Waals surface area (Å²) in [4.78, 5) is 2.57. The number of likely N-dealkylation sites (N-methyl/N-ethyl adjacent to an activating group) is 1. The first-order valence-electron chi connectivity index (χ1n) is 6.97. The third kappa shape index (κ3) is 2.48. The Morgan fingerprint density at radius 2 is 2.05 bits per heavy atom. The lowest BCUT2D eigenvalue weighted by molar-refractivity contribution is 0.0902. The van der Waals surface area contributed by atoms with Crippen LogP contribution < -0.4 is 0 Å². The van der Waals surface area contributed by atoms with Gasteiger partial charge in [0.25, 0.3) is 0 Å². The van der Waals surface area contributed by atoms with Crippen molar-refractivity contribution in [2.45, 2.75) is 38.6 Å². The van der Waals surface area contributed by atoms with Crippen molar-refractivity contribution < 1.29 is 10.2 Å². The van der Waals surface area contributed by atoms with Crippen molar-refractivity contribution in [1.82, 2.24) is 4.90 Å². The zero-order valence-corrected chi connectivity index (χ0v) is 13.0. The number of hydrogen-bond acceptors (Lipinski definition) is 3. The molecule has 1 aromatic carbocycles. The standard InChI is InChI=1S/C15H21NO2.BrH/c1-2-16-7-3-4-11-8-12-10(9-13(11)16)5-6-14(17)15(12)18;/h5-6,11,13,17-18H,2-4,7-9H2,1H3;1H/t11-,13-;/m0./s1. The number of hydrogen-bond donors (Lipinski definition) is 2. The fourth-order valence-electron chi connectivity index (χ4n) is 3.71. The number of phenolic OH excluding ortho intramolecular Hbond substituents is 2. The molecule has 19 heavy (non-hydrogen) atoms. The third-order valence-corrected chi connectivity index (χ3v) is 4.69. The highest BCUT2D eigenvalue weighted by Gasteiger charge is 2.35. The van der Waals surface area contributed by atoms with Gasteiger partial charge in [0.2, 0.25) is 0 Å². The Hall–Kier alpha value is -0.740. The van der Waals surface area contributed by atoms with Crippen molar-refractivity contribution >= 4 is 17.0 Å². The normalized spacial score (nSPS) is 26.2. The Bertz CT molecular complexity index is 464. The first kappa shape index (κ1) is 14.7. The molecule has 0 radical (unpaired) electrons. The number of piperidine rings is 1. The lowest BCUT2D eigenvalue weighted by Gasteiger charge is -2.44. The first-order valence-corrected chi connectivity index (χ1v) is 6.97. The van der Waals surface area contributed by atoms with E-state index >= 15 is 0 Å². The molecule has 2 N–H and O–H groups in total. The molecule has 2 aliphatic rings. The second-order valence-electron chi connectivity index (χ2n) is 5.58. The van der Waals surface area contributed by atoms with E-state index in [0.717, 1.165) is 24.9 Å². The summed E-state index contributed by atoms with van der Waals surface area (Å²) >= 11 is 0. The first-order chi connectivity index (χ1) is 8.70. The van der Waals surface area contributed by atoms with Gasteiger partial charge in [-0.3, -0.25) is 0 Å². The van der Waals surface area contributed by atoms with Gasteiger partial charge in [0, 0.05) is 11.6 Å². The zero-order valence-electron chi connectivity index (χ0n) is 11.3. The molecule has 0 bridgehead atoms.